The van der Waals surface area contributed by atoms with Crippen molar-refractivity contribution in [3.8, 4) is 0 Å². The molecule has 0 radical (unpaired) electrons. The summed E-state index contributed by atoms with van der Waals surface area (Å²) in [6.07, 6.45) is 0.953. The summed E-state index contributed by atoms with van der Waals surface area (Å²) in [4.78, 5) is 53.7. The fourth-order valence-electron chi connectivity index (χ4n) is 7.42. The molecule has 1 spiro atoms. The van der Waals surface area contributed by atoms with Crippen LogP contribution in [0.5, 0.6) is 0 Å². The van der Waals surface area contributed by atoms with Crippen LogP contribution in [0.2, 0.25) is 0 Å². The maximum Gasteiger partial charge on any atom is 0.407 e. The van der Waals surface area contributed by atoms with Gasteiger partial charge in [0.05, 0.1) is 32.0 Å². The van der Waals surface area contributed by atoms with Crippen LogP contribution in [0.3, 0.4) is 0 Å². The third kappa shape index (κ3) is 12.8. The molecule has 2 aromatic carbocycles. The zero-order valence-electron chi connectivity index (χ0n) is 32.0. The van der Waals surface area contributed by atoms with Crippen molar-refractivity contribution in [1.29, 1.82) is 0 Å². The molecule has 54 heavy (non-hydrogen) atoms. The number of carbonyl (C=O) groups is 4. The van der Waals surface area contributed by atoms with Gasteiger partial charge < -0.3 is 44.4 Å². The van der Waals surface area contributed by atoms with Crippen molar-refractivity contribution in [2.75, 3.05) is 52.6 Å². The minimum Gasteiger partial charge on any atom is -0.464 e. The second kappa shape index (κ2) is 20.6. The lowest BCUT2D eigenvalue weighted by molar-refractivity contribution is -0.329. The molecule has 14 nitrogen and oxygen atoms in total. The van der Waals surface area contributed by atoms with E-state index in [-0.39, 0.29) is 31.5 Å². The van der Waals surface area contributed by atoms with Crippen molar-refractivity contribution in [2.24, 2.45) is 5.92 Å². The Bertz CT molecular complexity index is 1530. The van der Waals surface area contributed by atoms with Gasteiger partial charge in [0.25, 0.3) is 0 Å². The summed E-state index contributed by atoms with van der Waals surface area (Å²) >= 11 is 0. The highest BCUT2D eigenvalue weighted by molar-refractivity contribution is 5.86. The number of alkyl carbamates (subject to hydrolysis) is 2. The monoisotopic (exact) mass is 754 g/mol. The molecule has 0 aromatic heterocycles. The number of nitrogens with zero attached hydrogens (tertiary/aromatic N) is 1. The van der Waals surface area contributed by atoms with Gasteiger partial charge in [0.2, 0.25) is 5.91 Å². The van der Waals surface area contributed by atoms with Gasteiger partial charge in [-0.3, -0.25) is 9.69 Å². The normalized spacial score (nSPS) is 23.7. The van der Waals surface area contributed by atoms with Crippen LogP contribution in [-0.4, -0.2) is 112 Å². The highest BCUT2D eigenvalue weighted by atomic mass is 16.7. The Balaban J connectivity index is 1.19. The number of carbonyl (C=O) groups excluding carboxylic acids is 4. The fraction of sp³-hybridized carbons (Fsp3) is 0.650. The maximum absolute atomic E-state index is 13.2. The Morgan fingerprint density at radius 2 is 1.74 bits per heavy atom. The van der Waals surface area contributed by atoms with E-state index in [0.717, 1.165) is 35.8 Å². The van der Waals surface area contributed by atoms with E-state index in [1.165, 1.54) is 0 Å². The maximum atomic E-state index is 13.2. The lowest BCUT2D eigenvalue weighted by Gasteiger charge is -2.47. The van der Waals surface area contributed by atoms with Crippen molar-refractivity contribution in [3.63, 3.8) is 0 Å². The second-order valence-electron chi connectivity index (χ2n) is 14.8. The van der Waals surface area contributed by atoms with Crippen LogP contribution in [0.25, 0.3) is 10.8 Å². The molecule has 0 unspecified atom stereocenters. The number of rotatable bonds is 16. The summed E-state index contributed by atoms with van der Waals surface area (Å²) in [5.74, 6) is -1.67. The number of esters is 1. The highest BCUT2D eigenvalue weighted by Gasteiger charge is 2.47. The lowest BCUT2D eigenvalue weighted by atomic mass is 9.90. The minimum absolute atomic E-state index is 0.0453. The van der Waals surface area contributed by atoms with Crippen LogP contribution in [0.1, 0.15) is 77.7 Å². The van der Waals surface area contributed by atoms with E-state index in [0.29, 0.717) is 71.4 Å². The molecule has 3 heterocycles. The van der Waals surface area contributed by atoms with Crippen molar-refractivity contribution in [2.45, 2.75) is 109 Å². The molecule has 3 aliphatic heterocycles. The molecule has 3 amide bonds. The quantitative estimate of drug-likeness (QED) is 0.159. The van der Waals surface area contributed by atoms with Crippen LogP contribution >= 0.6 is 0 Å². The molecule has 14 heteroatoms. The average Bonchev–Trinajstić information content (AvgIpc) is 3.15. The van der Waals surface area contributed by atoms with E-state index >= 15 is 0 Å². The molecular weight excluding hydrogens is 696 g/mol. The molecule has 3 fully saturated rings. The molecule has 298 valence electrons. The van der Waals surface area contributed by atoms with Gasteiger partial charge in [0.15, 0.2) is 5.79 Å². The van der Waals surface area contributed by atoms with E-state index in [4.69, 9.17) is 28.4 Å². The largest absolute Gasteiger partial charge is 0.464 e. The number of nitrogens with one attached hydrogen (secondary N) is 3. The lowest BCUT2D eigenvalue weighted by Crippen LogP contribution is -2.54. The average molecular weight is 755 g/mol. The molecule has 3 aliphatic rings. The van der Waals surface area contributed by atoms with Gasteiger partial charge >= 0.3 is 18.2 Å². The Morgan fingerprint density at radius 3 is 2.54 bits per heavy atom. The molecule has 0 aliphatic carbocycles. The summed E-state index contributed by atoms with van der Waals surface area (Å²) in [7, 11) is 0. The van der Waals surface area contributed by atoms with Gasteiger partial charge in [-0.2, -0.15) is 0 Å². The SMILES string of the molecule is CCOC(=O)[C@H](CC(C)C)NC(=O)CC[C@@H]1C[C@@H](OC(=O)NCc2cccc3ccccc23)C[C@@]2(CCC[C@H](COC(=O)NCCN3CCOCC3)O2)O1. The van der Waals surface area contributed by atoms with Gasteiger partial charge in [-0.1, -0.05) is 56.3 Å². The number of fused-ring (bicyclic) bond motifs is 1. The molecule has 2 aromatic rings. The van der Waals surface area contributed by atoms with Crippen molar-refractivity contribution >= 4 is 34.8 Å². The third-order valence-electron chi connectivity index (χ3n) is 10.00. The zero-order valence-corrected chi connectivity index (χ0v) is 32.0. The number of morpholine rings is 1. The van der Waals surface area contributed by atoms with Crippen LogP contribution in [0.15, 0.2) is 42.5 Å². The van der Waals surface area contributed by atoms with E-state index in [1.54, 1.807) is 6.92 Å². The number of ether oxygens (including phenoxy) is 6. The van der Waals surface area contributed by atoms with Gasteiger partial charge in [-0.25, -0.2) is 14.4 Å². The van der Waals surface area contributed by atoms with Crippen LogP contribution in [0.4, 0.5) is 9.59 Å². The Labute approximate surface area is 318 Å². The second-order valence-corrected chi connectivity index (χ2v) is 14.8. The van der Waals surface area contributed by atoms with E-state index in [1.807, 2.05) is 56.3 Å². The molecule has 3 N–H and O–H groups in total. The van der Waals surface area contributed by atoms with Crippen LogP contribution in [0, 0.1) is 5.92 Å². The van der Waals surface area contributed by atoms with Gasteiger partial charge in [-0.15, -0.1) is 0 Å². The Kier molecular flexibility index (Phi) is 15.7. The van der Waals surface area contributed by atoms with Crippen molar-refractivity contribution in [1.82, 2.24) is 20.9 Å². The molecule has 0 bridgehead atoms. The number of benzene rings is 2. The van der Waals surface area contributed by atoms with Crippen molar-refractivity contribution in [3.05, 3.63) is 48.0 Å². The first-order valence-corrected chi connectivity index (χ1v) is 19.5. The number of hydrogen-bond acceptors (Lipinski definition) is 11. The van der Waals surface area contributed by atoms with Gasteiger partial charge in [0, 0.05) is 58.4 Å². The summed E-state index contributed by atoms with van der Waals surface area (Å²) in [6.45, 7) is 10.5. The van der Waals surface area contributed by atoms with Crippen molar-refractivity contribution < 1.29 is 47.6 Å². The minimum atomic E-state index is -1.09. The zero-order chi connectivity index (χ0) is 38.3. The summed E-state index contributed by atoms with van der Waals surface area (Å²) < 4.78 is 35.3. The Morgan fingerprint density at radius 1 is 0.963 bits per heavy atom. The number of amides is 3. The molecule has 5 atom stereocenters. The molecular formula is C40H58N4O10. The van der Waals surface area contributed by atoms with Gasteiger partial charge in [0.1, 0.15) is 18.8 Å². The first kappa shape index (κ1) is 41.2. The Hall–Kier alpha value is -3.98. The number of hydrogen-bond donors (Lipinski definition) is 3. The fourth-order valence-corrected chi connectivity index (χ4v) is 7.42. The third-order valence-corrected chi connectivity index (χ3v) is 10.00. The van der Waals surface area contributed by atoms with E-state index in [9.17, 15) is 19.2 Å². The summed E-state index contributed by atoms with van der Waals surface area (Å²) in [6, 6.07) is 13.2. The predicted octanol–water partition coefficient (Wildman–Crippen LogP) is 4.81. The van der Waals surface area contributed by atoms with E-state index in [2.05, 4.69) is 20.9 Å². The predicted molar refractivity (Wildman–Crippen MR) is 200 cm³/mol. The first-order chi connectivity index (χ1) is 26.1. The standard InChI is InChI=1S/C40H58N4O10/c1-4-50-37(46)35(23-28(2)3)43-36(45)15-14-31-24-33(52-39(48)42-26-30-11-7-10-29-9-5-6-13-34(29)30)25-40(53-31)16-8-12-32(54-40)27-51-38(47)41-17-18-44-19-21-49-22-20-44/h5-7,9-11,13,28,31-33,35H,4,8,12,14-27H2,1-3H3,(H,41,47)(H,42,48)(H,43,45)/t31-,32-,33-,35+,40+/m1/s1. The van der Waals surface area contributed by atoms with Crippen LogP contribution < -0.4 is 16.0 Å². The van der Waals surface area contributed by atoms with Crippen LogP contribution in [-0.2, 0) is 44.6 Å². The van der Waals surface area contributed by atoms with Gasteiger partial charge in [-0.05, 0) is 54.9 Å². The topological polar surface area (TPSA) is 163 Å². The summed E-state index contributed by atoms with van der Waals surface area (Å²) in [5.41, 5.74) is 0.972. The molecule has 5 rings (SSSR count). The highest BCUT2D eigenvalue weighted by Crippen LogP contribution is 2.41. The van der Waals surface area contributed by atoms with E-state index < -0.39 is 48.3 Å². The smallest absolute Gasteiger partial charge is 0.407 e. The first-order valence-electron chi connectivity index (χ1n) is 19.5. The summed E-state index contributed by atoms with van der Waals surface area (Å²) in [5, 5.41) is 10.7. The molecule has 3 saturated heterocycles. The molecule has 0 saturated carbocycles.